The Morgan fingerprint density at radius 1 is 1.25 bits per heavy atom. The van der Waals surface area contributed by atoms with E-state index in [9.17, 15) is 5.26 Å². The number of aromatic nitrogens is 3. The molecule has 0 unspecified atom stereocenters. The number of hydrogen-bond donors (Lipinski definition) is 1. The standard InChI is InChI=1S/C18H17N5O/c1-3-23-11-13(10-21-23)15-8-17(22-18(20)16(15)9-19)12-4-6-14(24-2)7-5-12/h4-8,10-11H,3H2,1-2H3,(H2,20,22). The molecular formula is C18H17N5O. The maximum absolute atomic E-state index is 9.44. The van der Waals surface area contributed by atoms with Crippen LogP contribution in [0, 0.1) is 11.3 Å². The number of anilines is 1. The van der Waals surface area contributed by atoms with Gasteiger partial charge in [-0.05, 0) is 37.3 Å². The summed E-state index contributed by atoms with van der Waals surface area (Å²) in [4.78, 5) is 4.37. The van der Waals surface area contributed by atoms with E-state index in [1.807, 2.05) is 43.5 Å². The highest BCUT2D eigenvalue weighted by Crippen LogP contribution is 2.31. The molecule has 0 aliphatic rings. The molecule has 0 aliphatic heterocycles. The van der Waals surface area contributed by atoms with Crippen LogP contribution in [0.15, 0.2) is 42.7 Å². The van der Waals surface area contributed by atoms with Gasteiger partial charge in [0, 0.05) is 29.4 Å². The van der Waals surface area contributed by atoms with Crippen molar-refractivity contribution in [2.45, 2.75) is 13.5 Å². The molecule has 2 aromatic heterocycles. The lowest BCUT2D eigenvalue weighted by molar-refractivity contribution is 0.415. The van der Waals surface area contributed by atoms with Gasteiger partial charge in [0.15, 0.2) is 0 Å². The van der Waals surface area contributed by atoms with Crippen LogP contribution in [-0.2, 0) is 6.54 Å². The first-order valence-corrected chi connectivity index (χ1v) is 7.54. The molecule has 0 fully saturated rings. The SMILES string of the molecule is CCn1cc(-c2cc(-c3ccc(OC)cc3)nc(N)c2C#N)cn1. The topological polar surface area (TPSA) is 89.8 Å². The third-order valence-corrected chi connectivity index (χ3v) is 3.81. The molecule has 0 aliphatic carbocycles. The van der Waals surface area contributed by atoms with Crippen LogP contribution in [0.1, 0.15) is 12.5 Å². The Kier molecular flexibility index (Phi) is 4.17. The van der Waals surface area contributed by atoms with Crippen LogP contribution in [0.25, 0.3) is 22.4 Å². The largest absolute Gasteiger partial charge is 0.497 e. The van der Waals surface area contributed by atoms with E-state index in [-0.39, 0.29) is 5.82 Å². The summed E-state index contributed by atoms with van der Waals surface area (Å²) in [5.41, 5.74) is 9.56. The third-order valence-electron chi connectivity index (χ3n) is 3.81. The summed E-state index contributed by atoms with van der Waals surface area (Å²) in [6.07, 6.45) is 3.63. The Morgan fingerprint density at radius 3 is 2.58 bits per heavy atom. The average molecular weight is 319 g/mol. The summed E-state index contributed by atoms with van der Waals surface area (Å²) >= 11 is 0. The highest BCUT2D eigenvalue weighted by molar-refractivity contribution is 5.79. The van der Waals surface area contributed by atoms with Crippen LogP contribution in [0.4, 0.5) is 5.82 Å². The lowest BCUT2D eigenvalue weighted by Crippen LogP contribution is -1.99. The van der Waals surface area contributed by atoms with Gasteiger partial charge in [-0.1, -0.05) is 0 Å². The van der Waals surface area contributed by atoms with Crippen molar-refractivity contribution in [3.05, 3.63) is 48.3 Å². The molecule has 0 bridgehead atoms. The van der Waals surface area contributed by atoms with Crippen molar-refractivity contribution in [3.8, 4) is 34.2 Å². The van der Waals surface area contributed by atoms with E-state index in [0.29, 0.717) is 11.3 Å². The molecule has 0 radical (unpaired) electrons. The van der Waals surface area contributed by atoms with Gasteiger partial charge in [0.2, 0.25) is 0 Å². The summed E-state index contributed by atoms with van der Waals surface area (Å²) in [6, 6.07) is 11.6. The molecule has 3 rings (SSSR count). The van der Waals surface area contributed by atoms with Crippen molar-refractivity contribution in [1.82, 2.24) is 14.8 Å². The summed E-state index contributed by atoms with van der Waals surface area (Å²) in [5, 5.41) is 13.7. The van der Waals surface area contributed by atoms with Crippen molar-refractivity contribution in [1.29, 1.82) is 5.26 Å². The third kappa shape index (κ3) is 2.79. The number of nitrogens with zero attached hydrogens (tertiary/aromatic N) is 4. The van der Waals surface area contributed by atoms with Crippen molar-refractivity contribution in [3.63, 3.8) is 0 Å². The van der Waals surface area contributed by atoms with E-state index in [1.54, 1.807) is 18.0 Å². The maximum Gasteiger partial charge on any atom is 0.142 e. The highest BCUT2D eigenvalue weighted by Gasteiger charge is 2.14. The molecule has 0 amide bonds. The number of pyridine rings is 1. The molecule has 0 saturated heterocycles. The number of nitrogens with two attached hydrogens (primary N) is 1. The normalized spacial score (nSPS) is 10.4. The van der Waals surface area contributed by atoms with Gasteiger partial charge in [0.05, 0.1) is 19.0 Å². The number of ether oxygens (including phenoxy) is 1. The maximum atomic E-state index is 9.44. The predicted molar refractivity (Wildman–Crippen MR) is 92.2 cm³/mol. The van der Waals surface area contributed by atoms with E-state index in [2.05, 4.69) is 16.2 Å². The molecule has 1 aromatic carbocycles. The highest BCUT2D eigenvalue weighted by atomic mass is 16.5. The van der Waals surface area contributed by atoms with Crippen LogP contribution in [0.5, 0.6) is 5.75 Å². The number of aryl methyl sites for hydroxylation is 1. The van der Waals surface area contributed by atoms with Crippen molar-refractivity contribution < 1.29 is 4.74 Å². The van der Waals surface area contributed by atoms with Gasteiger partial charge in [0.1, 0.15) is 23.2 Å². The number of nitriles is 1. The number of methoxy groups -OCH3 is 1. The zero-order chi connectivity index (χ0) is 17.1. The molecule has 6 heteroatoms. The van der Waals surface area contributed by atoms with Crippen LogP contribution in [0.2, 0.25) is 0 Å². The Morgan fingerprint density at radius 2 is 2.00 bits per heavy atom. The van der Waals surface area contributed by atoms with Crippen LogP contribution in [-0.4, -0.2) is 21.9 Å². The zero-order valence-electron chi connectivity index (χ0n) is 13.5. The molecule has 6 nitrogen and oxygen atoms in total. The summed E-state index contributed by atoms with van der Waals surface area (Å²) in [7, 11) is 1.62. The van der Waals surface area contributed by atoms with E-state index in [1.165, 1.54) is 0 Å². The van der Waals surface area contributed by atoms with Crippen LogP contribution in [0.3, 0.4) is 0 Å². The minimum Gasteiger partial charge on any atom is -0.497 e. The lowest BCUT2D eigenvalue weighted by Gasteiger charge is -2.09. The lowest BCUT2D eigenvalue weighted by atomic mass is 10.0. The average Bonchev–Trinajstić information content (AvgIpc) is 3.10. The second kappa shape index (κ2) is 6.42. The molecule has 3 aromatic rings. The molecule has 2 N–H and O–H groups in total. The molecular weight excluding hydrogens is 302 g/mol. The van der Waals surface area contributed by atoms with Gasteiger partial charge >= 0.3 is 0 Å². The number of benzene rings is 1. The van der Waals surface area contributed by atoms with E-state index >= 15 is 0 Å². The van der Waals surface area contributed by atoms with Crippen molar-refractivity contribution >= 4 is 5.82 Å². The Labute approximate surface area is 140 Å². The first kappa shape index (κ1) is 15.6. The molecule has 120 valence electrons. The van der Waals surface area contributed by atoms with Gasteiger partial charge in [-0.2, -0.15) is 10.4 Å². The van der Waals surface area contributed by atoms with Gasteiger partial charge in [-0.15, -0.1) is 0 Å². The van der Waals surface area contributed by atoms with Crippen LogP contribution < -0.4 is 10.5 Å². The fraction of sp³-hybridized carbons (Fsp3) is 0.167. The van der Waals surface area contributed by atoms with Gasteiger partial charge in [-0.25, -0.2) is 4.98 Å². The summed E-state index contributed by atoms with van der Waals surface area (Å²) in [6.45, 7) is 2.76. The minimum atomic E-state index is 0.213. The smallest absolute Gasteiger partial charge is 0.142 e. The van der Waals surface area contributed by atoms with E-state index in [0.717, 1.165) is 29.0 Å². The summed E-state index contributed by atoms with van der Waals surface area (Å²) < 4.78 is 6.98. The molecule has 24 heavy (non-hydrogen) atoms. The van der Waals surface area contributed by atoms with E-state index in [4.69, 9.17) is 10.5 Å². The minimum absolute atomic E-state index is 0.213. The number of rotatable bonds is 4. The first-order chi connectivity index (χ1) is 11.7. The predicted octanol–water partition coefficient (Wildman–Crippen LogP) is 3.09. The molecule has 2 heterocycles. The Hall–Kier alpha value is -3.33. The zero-order valence-corrected chi connectivity index (χ0v) is 13.5. The van der Waals surface area contributed by atoms with Crippen LogP contribution >= 0.6 is 0 Å². The number of nitrogen functional groups attached to an aromatic ring is 1. The first-order valence-electron chi connectivity index (χ1n) is 7.54. The van der Waals surface area contributed by atoms with Crippen molar-refractivity contribution in [2.24, 2.45) is 0 Å². The second-order valence-electron chi connectivity index (χ2n) is 5.24. The monoisotopic (exact) mass is 319 g/mol. The molecule has 0 saturated carbocycles. The van der Waals surface area contributed by atoms with Crippen molar-refractivity contribution in [2.75, 3.05) is 12.8 Å². The Balaban J connectivity index is 2.13. The quantitative estimate of drug-likeness (QED) is 0.798. The summed E-state index contributed by atoms with van der Waals surface area (Å²) in [5.74, 6) is 0.981. The van der Waals surface area contributed by atoms with Gasteiger partial charge in [0.25, 0.3) is 0 Å². The van der Waals surface area contributed by atoms with Gasteiger partial charge in [-0.3, -0.25) is 4.68 Å². The Bertz CT molecular complexity index is 906. The molecule has 0 spiro atoms. The fourth-order valence-electron chi connectivity index (χ4n) is 2.50. The molecule has 0 atom stereocenters. The second-order valence-corrected chi connectivity index (χ2v) is 5.24. The van der Waals surface area contributed by atoms with Gasteiger partial charge < -0.3 is 10.5 Å². The number of hydrogen-bond acceptors (Lipinski definition) is 5. The fourth-order valence-corrected chi connectivity index (χ4v) is 2.50. The van der Waals surface area contributed by atoms with E-state index < -0.39 is 0 Å².